The number of likely N-dealkylation sites (N-methyl/N-ethyl adjacent to an activating group) is 2. The van der Waals surface area contributed by atoms with E-state index < -0.39 is 0 Å². The number of rotatable bonds is 2. The Kier molecular flexibility index (Phi) is 3.68. The van der Waals surface area contributed by atoms with Gasteiger partial charge in [0, 0.05) is 26.6 Å². The van der Waals surface area contributed by atoms with E-state index in [4.69, 9.17) is 0 Å². The fraction of sp³-hybridized carbons (Fsp3) is 0.800. The zero-order valence-electron chi connectivity index (χ0n) is 9.78. The van der Waals surface area contributed by atoms with E-state index in [1.807, 2.05) is 14.1 Å². The fourth-order valence-corrected chi connectivity index (χ4v) is 1.95. The zero-order chi connectivity index (χ0) is 11.6. The second-order valence-electron chi connectivity index (χ2n) is 4.15. The predicted octanol–water partition coefficient (Wildman–Crippen LogP) is -0.717. The van der Waals surface area contributed by atoms with Crippen LogP contribution in [0.3, 0.4) is 0 Å². The number of hydrogen-bond acceptors (Lipinski definition) is 3. The van der Waals surface area contributed by atoms with E-state index in [2.05, 4.69) is 10.2 Å². The molecule has 0 saturated carbocycles. The number of carbonyl (C=O) groups is 2. The smallest absolute Gasteiger partial charge is 0.242 e. The van der Waals surface area contributed by atoms with Gasteiger partial charge in [0.15, 0.2) is 0 Å². The molecule has 1 heterocycles. The van der Waals surface area contributed by atoms with Crippen LogP contribution in [0.15, 0.2) is 0 Å². The highest BCUT2D eigenvalue weighted by molar-refractivity contribution is 5.87. The molecule has 2 amide bonds. The van der Waals surface area contributed by atoms with Crippen LogP contribution in [-0.2, 0) is 9.59 Å². The van der Waals surface area contributed by atoms with Crippen LogP contribution in [0.5, 0.6) is 0 Å². The van der Waals surface area contributed by atoms with Crippen molar-refractivity contribution in [3.05, 3.63) is 0 Å². The molecule has 1 N–H and O–H groups in total. The van der Waals surface area contributed by atoms with Gasteiger partial charge in [-0.3, -0.25) is 9.59 Å². The van der Waals surface area contributed by atoms with Crippen molar-refractivity contribution in [2.45, 2.75) is 25.4 Å². The van der Waals surface area contributed by atoms with Gasteiger partial charge in [-0.1, -0.05) is 0 Å². The van der Waals surface area contributed by atoms with Crippen molar-refractivity contribution in [1.82, 2.24) is 15.1 Å². The lowest BCUT2D eigenvalue weighted by Gasteiger charge is -2.21. The van der Waals surface area contributed by atoms with Crippen molar-refractivity contribution < 1.29 is 9.59 Å². The van der Waals surface area contributed by atoms with Gasteiger partial charge in [0.2, 0.25) is 11.8 Å². The lowest BCUT2D eigenvalue weighted by Crippen LogP contribution is -2.44. The lowest BCUT2D eigenvalue weighted by molar-refractivity contribution is -0.136. The summed E-state index contributed by atoms with van der Waals surface area (Å²) in [5.74, 6) is -0.109. The van der Waals surface area contributed by atoms with Gasteiger partial charge in [0.25, 0.3) is 0 Å². The Morgan fingerprint density at radius 1 is 1.40 bits per heavy atom. The monoisotopic (exact) mass is 213 g/mol. The molecule has 0 aromatic heterocycles. The molecule has 0 aliphatic carbocycles. The minimum atomic E-state index is -0.306. The van der Waals surface area contributed by atoms with Crippen molar-refractivity contribution in [1.29, 1.82) is 0 Å². The van der Waals surface area contributed by atoms with Crippen LogP contribution in [0.2, 0.25) is 0 Å². The third-order valence-electron chi connectivity index (χ3n) is 2.96. The van der Waals surface area contributed by atoms with E-state index in [-0.39, 0.29) is 23.9 Å². The Morgan fingerprint density at radius 3 is 2.40 bits per heavy atom. The van der Waals surface area contributed by atoms with Gasteiger partial charge in [0.05, 0.1) is 0 Å². The average molecular weight is 213 g/mol. The standard InChI is InChI=1S/C10H19N3O2/c1-7(14)13-6-8(12(3)4)5-9(13)10(15)11-2/h8-9H,5-6H2,1-4H3,(H,11,15)/t8-,9-/m0/s1. The summed E-state index contributed by atoms with van der Waals surface area (Å²) in [6.45, 7) is 2.15. The molecule has 0 bridgehead atoms. The van der Waals surface area contributed by atoms with Crippen molar-refractivity contribution in [2.75, 3.05) is 27.7 Å². The first-order chi connectivity index (χ1) is 6.97. The molecule has 86 valence electrons. The number of hydrogen-bond donors (Lipinski definition) is 1. The second kappa shape index (κ2) is 4.61. The maximum Gasteiger partial charge on any atom is 0.242 e. The maximum absolute atomic E-state index is 11.6. The average Bonchev–Trinajstić information content (AvgIpc) is 2.61. The summed E-state index contributed by atoms with van der Waals surface area (Å²) in [4.78, 5) is 26.6. The topological polar surface area (TPSA) is 52.7 Å². The van der Waals surface area contributed by atoms with Crippen LogP contribution < -0.4 is 5.32 Å². The van der Waals surface area contributed by atoms with Crippen LogP contribution in [0.25, 0.3) is 0 Å². The summed E-state index contributed by atoms with van der Waals surface area (Å²) < 4.78 is 0. The quantitative estimate of drug-likeness (QED) is 0.659. The molecule has 0 radical (unpaired) electrons. The van der Waals surface area contributed by atoms with E-state index in [0.717, 1.165) is 0 Å². The van der Waals surface area contributed by atoms with Crippen LogP contribution in [-0.4, -0.2) is 61.4 Å². The van der Waals surface area contributed by atoms with E-state index >= 15 is 0 Å². The van der Waals surface area contributed by atoms with E-state index in [1.54, 1.807) is 11.9 Å². The van der Waals surface area contributed by atoms with Crippen LogP contribution in [0.4, 0.5) is 0 Å². The van der Waals surface area contributed by atoms with Crippen molar-refractivity contribution in [2.24, 2.45) is 0 Å². The van der Waals surface area contributed by atoms with Crippen LogP contribution in [0.1, 0.15) is 13.3 Å². The predicted molar refractivity (Wildman–Crippen MR) is 57.3 cm³/mol. The Bertz CT molecular complexity index is 265. The van der Waals surface area contributed by atoms with Crippen LogP contribution in [0, 0.1) is 0 Å². The summed E-state index contributed by atoms with van der Waals surface area (Å²) in [6.07, 6.45) is 0.715. The fourth-order valence-electron chi connectivity index (χ4n) is 1.95. The highest BCUT2D eigenvalue weighted by Gasteiger charge is 2.38. The molecule has 1 aliphatic heterocycles. The minimum Gasteiger partial charge on any atom is -0.357 e. The first-order valence-corrected chi connectivity index (χ1v) is 5.12. The van der Waals surface area contributed by atoms with Gasteiger partial charge < -0.3 is 15.1 Å². The molecule has 1 aliphatic rings. The molecule has 0 unspecified atom stereocenters. The molecule has 15 heavy (non-hydrogen) atoms. The molecule has 1 saturated heterocycles. The van der Waals surface area contributed by atoms with E-state index in [1.165, 1.54) is 6.92 Å². The highest BCUT2D eigenvalue weighted by atomic mass is 16.2. The molecule has 1 rings (SSSR count). The summed E-state index contributed by atoms with van der Waals surface area (Å²) in [7, 11) is 5.54. The Hall–Kier alpha value is -1.10. The maximum atomic E-state index is 11.6. The van der Waals surface area contributed by atoms with E-state index in [0.29, 0.717) is 13.0 Å². The number of carbonyl (C=O) groups excluding carboxylic acids is 2. The molecule has 5 heteroatoms. The van der Waals surface area contributed by atoms with Gasteiger partial charge in [-0.25, -0.2) is 0 Å². The molecule has 0 aromatic carbocycles. The molecule has 2 atom stereocenters. The van der Waals surface area contributed by atoms with E-state index in [9.17, 15) is 9.59 Å². The van der Waals surface area contributed by atoms with Crippen molar-refractivity contribution >= 4 is 11.8 Å². The molecular weight excluding hydrogens is 194 g/mol. The molecule has 0 aromatic rings. The zero-order valence-corrected chi connectivity index (χ0v) is 9.78. The summed E-state index contributed by atoms with van der Waals surface area (Å²) >= 11 is 0. The second-order valence-corrected chi connectivity index (χ2v) is 4.15. The third kappa shape index (κ3) is 2.47. The third-order valence-corrected chi connectivity index (χ3v) is 2.96. The summed E-state index contributed by atoms with van der Waals surface area (Å²) in [5.41, 5.74) is 0. The van der Waals surface area contributed by atoms with Gasteiger partial charge >= 0.3 is 0 Å². The van der Waals surface area contributed by atoms with Crippen LogP contribution >= 0.6 is 0 Å². The van der Waals surface area contributed by atoms with Gasteiger partial charge in [-0.2, -0.15) is 0 Å². The Labute approximate surface area is 90.4 Å². The summed E-state index contributed by atoms with van der Waals surface area (Å²) in [6, 6.07) is -0.0314. The van der Waals surface area contributed by atoms with Crippen molar-refractivity contribution in [3.63, 3.8) is 0 Å². The number of nitrogens with one attached hydrogen (secondary N) is 1. The number of nitrogens with zero attached hydrogens (tertiary/aromatic N) is 2. The van der Waals surface area contributed by atoms with Gasteiger partial charge in [-0.15, -0.1) is 0 Å². The van der Waals surface area contributed by atoms with Gasteiger partial charge in [-0.05, 0) is 20.5 Å². The molecular formula is C10H19N3O2. The molecule has 1 fully saturated rings. The number of amides is 2. The minimum absolute atomic E-state index is 0.0343. The largest absolute Gasteiger partial charge is 0.357 e. The Balaban J connectivity index is 2.76. The lowest BCUT2D eigenvalue weighted by atomic mass is 10.1. The van der Waals surface area contributed by atoms with Crippen molar-refractivity contribution in [3.8, 4) is 0 Å². The first kappa shape index (κ1) is 12.0. The Morgan fingerprint density at radius 2 is 2.00 bits per heavy atom. The molecule has 5 nitrogen and oxygen atoms in total. The first-order valence-electron chi connectivity index (χ1n) is 5.12. The normalized spacial score (nSPS) is 25.8. The number of likely N-dealkylation sites (tertiary alicyclic amines) is 1. The van der Waals surface area contributed by atoms with Gasteiger partial charge in [0.1, 0.15) is 6.04 Å². The SMILES string of the molecule is CNC(=O)[C@@H]1C[C@H](N(C)C)CN1C(C)=O. The summed E-state index contributed by atoms with van der Waals surface area (Å²) in [5, 5.41) is 2.60. The molecule has 0 spiro atoms. The highest BCUT2D eigenvalue weighted by Crippen LogP contribution is 2.20.